The van der Waals surface area contributed by atoms with Crippen molar-refractivity contribution < 1.29 is 43.4 Å². The van der Waals surface area contributed by atoms with Gasteiger partial charge in [0.15, 0.2) is 0 Å². The van der Waals surface area contributed by atoms with E-state index in [-0.39, 0.29) is 51.1 Å². The predicted octanol–water partition coefficient (Wildman–Crippen LogP) is -0.0597. The zero-order chi connectivity index (χ0) is 38.9. The lowest BCUT2D eigenvalue weighted by Crippen LogP contribution is -2.61. The van der Waals surface area contributed by atoms with Gasteiger partial charge in [0.05, 0.1) is 6.42 Å². The van der Waals surface area contributed by atoms with E-state index in [4.69, 9.17) is 4.74 Å². The molecule has 3 aliphatic heterocycles. The van der Waals surface area contributed by atoms with Crippen molar-refractivity contribution in [1.82, 2.24) is 30.7 Å². The van der Waals surface area contributed by atoms with Crippen molar-refractivity contribution in [3.8, 4) is 0 Å². The highest BCUT2D eigenvalue weighted by atomic mass is 16.5. The molecule has 7 atom stereocenters. The molecule has 0 aromatic heterocycles. The minimum Gasteiger partial charge on any atom is -0.461 e. The molecule has 0 bridgehead atoms. The number of hydrogen-bond donors (Lipinski definition) is 4. The molecule has 3 saturated heterocycles. The van der Waals surface area contributed by atoms with Crippen LogP contribution in [0.5, 0.6) is 0 Å². The van der Waals surface area contributed by atoms with Crippen LogP contribution in [0.2, 0.25) is 0 Å². The summed E-state index contributed by atoms with van der Waals surface area (Å²) in [4.78, 5) is 100. The van der Waals surface area contributed by atoms with Gasteiger partial charge in [0, 0.05) is 33.2 Å². The Kier molecular flexibility index (Phi) is 13.4. The van der Waals surface area contributed by atoms with Crippen LogP contribution in [0.3, 0.4) is 0 Å². The highest BCUT2D eigenvalue weighted by Gasteiger charge is 2.45. The van der Waals surface area contributed by atoms with Gasteiger partial charge in [-0.25, -0.2) is 4.79 Å². The van der Waals surface area contributed by atoms with Gasteiger partial charge >= 0.3 is 5.97 Å². The van der Waals surface area contributed by atoms with Gasteiger partial charge in [-0.1, -0.05) is 67.6 Å². The molecule has 0 spiro atoms. The van der Waals surface area contributed by atoms with Gasteiger partial charge in [-0.3, -0.25) is 28.8 Å². The van der Waals surface area contributed by atoms with E-state index in [9.17, 15) is 38.7 Å². The molecule has 0 unspecified atom stereocenters. The normalized spacial score (nSPS) is 26.1. The molecule has 0 saturated carbocycles. The third kappa shape index (κ3) is 9.61. The number of cyclic esters (lactones) is 1. The summed E-state index contributed by atoms with van der Waals surface area (Å²) in [5, 5.41) is 18.0. The summed E-state index contributed by atoms with van der Waals surface area (Å²) in [7, 11) is 1.41. The quantitative estimate of drug-likeness (QED) is 0.255. The Bertz CT molecular complexity index is 1690. The zero-order valence-electron chi connectivity index (χ0n) is 30.9. The Hall–Kier alpha value is -5.31. The van der Waals surface area contributed by atoms with Crippen LogP contribution < -0.4 is 16.0 Å². The fourth-order valence-electron chi connectivity index (χ4n) is 7.43. The van der Waals surface area contributed by atoms with Crippen molar-refractivity contribution >= 4 is 41.4 Å². The lowest BCUT2D eigenvalue weighted by molar-refractivity contribution is -0.158. The summed E-state index contributed by atoms with van der Waals surface area (Å²) in [6.07, 6.45) is 0.962. The molecular weight excluding hydrogens is 696 g/mol. The zero-order valence-corrected chi connectivity index (χ0v) is 30.9. The number of carbonyl (C=O) groups is 7. The highest BCUT2D eigenvalue weighted by Crippen LogP contribution is 2.26. The first-order chi connectivity index (χ1) is 25.9. The molecule has 0 radical (unpaired) electrons. The fourth-order valence-corrected chi connectivity index (χ4v) is 7.43. The van der Waals surface area contributed by atoms with Crippen molar-refractivity contribution in [1.29, 1.82) is 0 Å². The summed E-state index contributed by atoms with van der Waals surface area (Å²) < 4.78 is 5.70. The molecule has 54 heavy (non-hydrogen) atoms. The second kappa shape index (κ2) is 18.1. The SMILES string of the molecule is C[C@@H]1C[C@H]2C(=O)OC[C@H](NC(=O)[C@H](Cc3ccccc3)NC(=O)Cc3ccccc3)C(=O)N3CCC[C@H]3C(=O)N(C)[C@@H](CCO)C(=O)N[C@@H](C)C(=O)N2C1. The van der Waals surface area contributed by atoms with Crippen molar-refractivity contribution in [2.45, 2.75) is 88.6 Å². The molecular formula is C39H50N6O9. The number of rotatable bonds is 9. The molecule has 15 heteroatoms. The Morgan fingerprint density at radius 1 is 0.907 bits per heavy atom. The lowest BCUT2D eigenvalue weighted by Gasteiger charge is -2.35. The molecule has 290 valence electrons. The maximum atomic E-state index is 14.4. The average Bonchev–Trinajstić information content (AvgIpc) is 3.81. The number of nitrogens with one attached hydrogen (secondary N) is 3. The van der Waals surface area contributed by atoms with Gasteiger partial charge in [0.1, 0.15) is 42.9 Å². The highest BCUT2D eigenvalue weighted by molar-refractivity contribution is 5.97. The van der Waals surface area contributed by atoms with Crippen LogP contribution in [0, 0.1) is 5.92 Å². The molecule has 3 fully saturated rings. The van der Waals surface area contributed by atoms with Crippen molar-refractivity contribution in [2.24, 2.45) is 5.92 Å². The van der Waals surface area contributed by atoms with Gasteiger partial charge in [-0.2, -0.15) is 0 Å². The number of aliphatic hydroxyl groups is 1. The third-order valence-electron chi connectivity index (χ3n) is 10.3. The Morgan fingerprint density at radius 2 is 1.57 bits per heavy atom. The topological polar surface area (TPSA) is 195 Å². The number of nitrogens with zero attached hydrogens (tertiary/aromatic N) is 3. The Labute approximate surface area is 314 Å². The largest absolute Gasteiger partial charge is 0.461 e. The van der Waals surface area contributed by atoms with Crippen LogP contribution >= 0.6 is 0 Å². The molecule has 3 aliphatic rings. The minimum atomic E-state index is -1.46. The molecule has 5 rings (SSSR count). The van der Waals surface area contributed by atoms with E-state index in [1.54, 1.807) is 48.5 Å². The van der Waals surface area contributed by atoms with Crippen LogP contribution in [-0.4, -0.2) is 131 Å². The molecule has 0 aliphatic carbocycles. The number of fused-ring (bicyclic) bond motifs is 2. The van der Waals surface area contributed by atoms with Crippen molar-refractivity contribution in [3.05, 3.63) is 71.8 Å². The maximum Gasteiger partial charge on any atom is 0.328 e. The Morgan fingerprint density at radius 3 is 2.24 bits per heavy atom. The number of ether oxygens (including phenoxy) is 1. The first-order valence-corrected chi connectivity index (χ1v) is 18.5. The summed E-state index contributed by atoms with van der Waals surface area (Å²) >= 11 is 0. The van der Waals surface area contributed by atoms with Crippen LogP contribution in [-0.2, 0) is 51.1 Å². The number of aliphatic hydroxyl groups excluding tert-OH is 1. The second-order valence-electron chi connectivity index (χ2n) is 14.4. The van der Waals surface area contributed by atoms with E-state index in [0.717, 1.165) is 11.1 Å². The van der Waals surface area contributed by atoms with Crippen LogP contribution in [0.25, 0.3) is 0 Å². The molecule has 2 aromatic carbocycles. The average molecular weight is 747 g/mol. The molecule has 4 N–H and O–H groups in total. The Balaban J connectivity index is 1.46. The number of benzene rings is 2. The standard InChI is InChI=1S/C39H50N6O9/c1-24-19-32-39(53)54-23-29(42-34(48)28(20-26-11-6-4-7-12-26)41-33(47)21-27-13-8-5-9-14-27)37(51)44-17-10-15-31(44)38(52)43(3)30(16-18-46)35(49)40-25(2)36(50)45(32)22-24/h4-9,11-14,24-25,28-32,46H,10,15-23H2,1-3H3,(H,40,49)(H,41,47)(H,42,48)/t24-,25+,28+,29+,30+,31+,32+/m1/s1. The minimum absolute atomic E-state index is 0.00736. The maximum absolute atomic E-state index is 14.4. The monoisotopic (exact) mass is 746 g/mol. The molecule has 6 amide bonds. The lowest BCUT2D eigenvalue weighted by atomic mass is 10.0. The predicted molar refractivity (Wildman–Crippen MR) is 195 cm³/mol. The van der Waals surface area contributed by atoms with Crippen LogP contribution in [0.4, 0.5) is 0 Å². The van der Waals surface area contributed by atoms with E-state index in [2.05, 4.69) is 16.0 Å². The van der Waals surface area contributed by atoms with Gasteiger partial charge in [0.25, 0.3) is 0 Å². The third-order valence-corrected chi connectivity index (χ3v) is 10.3. The molecule has 15 nitrogen and oxygen atoms in total. The second-order valence-corrected chi connectivity index (χ2v) is 14.4. The van der Waals surface area contributed by atoms with Gasteiger partial charge in [-0.05, 0) is 49.7 Å². The van der Waals surface area contributed by atoms with E-state index in [1.165, 1.54) is 28.7 Å². The van der Waals surface area contributed by atoms with Crippen LogP contribution in [0.1, 0.15) is 50.7 Å². The van der Waals surface area contributed by atoms with Crippen molar-refractivity contribution in [2.75, 3.05) is 33.4 Å². The summed E-state index contributed by atoms with van der Waals surface area (Å²) in [6.45, 7) is 2.70. The van der Waals surface area contributed by atoms with Gasteiger partial charge < -0.3 is 40.5 Å². The summed E-state index contributed by atoms with van der Waals surface area (Å²) in [6, 6.07) is 11.2. The number of likely N-dealkylation sites (N-methyl/N-ethyl adjacent to an activating group) is 1. The molecule has 2 aromatic rings. The first-order valence-electron chi connectivity index (χ1n) is 18.5. The summed E-state index contributed by atoms with van der Waals surface area (Å²) in [5.41, 5.74) is 1.49. The van der Waals surface area contributed by atoms with E-state index < -0.39 is 90.9 Å². The van der Waals surface area contributed by atoms with Gasteiger partial charge in [0.2, 0.25) is 35.4 Å². The van der Waals surface area contributed by atoms with E-state index in [0.29, 0.717) is 6.42 Å². The molecule has 3 heterocycles. The van der Waals surface area contributed by atoms with E-state index >= 15 is 0 Å². The number of amides is 6. The fraction of sp³-hybridized carbons (Fsp3) is 0.513. The number of esters is 1. The van der Waals surface area contributed by atoms with Gasteiger partial charge in [-0.15, -0.1) is 0 Å². The smallest absolute Gasteiger partial charge is 0.328 e. The number of hydrogen-bond acceptors (Lipinski definition) is 9. The van der Waals surface area contributed by atoms with Crippen LogP contribution in [0.15, 0.2) is 60.7 Å². The first kappa shape index (κ1) is 39.9. The van der Waals surface area contributed by atoms with Crippen molar-refractivity contribution in [3.63, 3.8) is 0 Å². The summed E-state index contributed by atoms with van der Waals surface area (Å²) in [5.74, 6) is -4.44. The van der Waals surface area contributed by atoms with E-state index in [1.807, 2.05) is 19.1 Å². The number of carbonyl (C=O) groups excluding carboxylic acids is 7.